The van der Waals surface area contributed by atoms with E-state index in [1.807, 2.05) is 74.5 Å². The van der Waals surface area contributed by atoms with Crippen molar-refractivity contribution in [2.45, 2.75) is 30.7 Å². The molecular weight excluding hydrogens is 416 g/mol. The van der Waals surface area contributed by atoms with Crippen molar-refractivity contribution in [1.29, 1.82) is 0 Å². The van der Waals surface area contributed by atoms with Gasteiger partial charge in [-0.3, -0.25) is 14.2 Å². The van der Waals surface area contributed by atoms with Crippen LogP contribution in [0.1, 0.15) is 18.2 Å². The van der Waals surface area contributed by atoms with Gasteiger partial charge in [0.05, 0.1) is 11.1 Å². The molecule has 4 rings (SSSR count). The van der Waals surface area contributed by atoms with E-state index in [0.29, 0.717) is 27.5 Å². The molecule has 1 N–H and O–H groups in total. The van der Waals surface area contributed by atoms with Crippen LogP contribution in [0, 0.1) is 6.92 Å². The number of aryl methyl sites for hydroxylation is 1. The largest absolute Gasteiger partial charge is 0.480 e. The first-order valence-electron chi connectivity index (χ1n) is 9.57. The molecule has 0 bridgehead atoms. The summed E-state index contributed by atoms with van der Waals surface area (Å²) in [6.45, 7) is 3.80. The van der Waals surface area contributed by atoms with Crippen LogP contribution in [0.3, 0.4) is 0 Å². The van der Waals surface area contributed by atoms with E-state index in [0.717, 1.165) is 27.8 Å². The maximum atomic E-state index is 13.8. The average molecular weight is 437 g/mol. The molecule has 5 nitrogen and oxygen atoms in total. The number of para-hydroxylation sites is 1. The molecule has 7 heteroatoms. The molecule has 1 unspecified atom stereocenters. The third-order valence-corrected chi connectivity index (χ3v) is 7.15. The summed E-state index contributed by atoms with van der Waals surface area (Å²) >= 11 is 2.58. The number of thioether (sulfide) groups is 1. The SMILES string of the molecule is CCC(Sc1nc2sc(C)c(-c3ccccc3)c2c(=O)n1-c1ccccc1)C(=O)O. The van der Waals surface area contributed by atoms with Gasteiger partial charge < -0.3 is 5.11 Å². The Bertz CT molecular complexity index is 1260. The Morgan fingerprint density at radius 1 is 1.13 bits per heavy atom. The first-order valence-corrected chi connectivity index (χ1v) is 11.3. The van der Waals surface area contributed by atoms with Gasteiger partial charge in [-0.25, -0.2) is 4.98 Å². The topological polar surface area (TPSA) is 72.2 Å². The van der Waals surface area contributed by atoms with Crippen molar-refractivity contribution in [3.63, 3.8) is 0 Å². The number of rotatable bonds is 6. The number of nitrogens with zero attached hydrogens (tertiary/aromatic N) is 2. The predicted octanol–water partition coefficient (Wildman–Crippen LogP) is 5.38. The zero-order valence-corrected chi connectivity index (χ0v) is 18.2. The van der Waals surface area contributed by atoms with Crippen LogP contribution in [0.2, 0.25) is 0 Å². The standard InChI is InChI=1S/C23H20N2O3S2/c1-3-17(22(27)28)30-23-24-20-19(21(26)25(23)16-12-8-5-9-13-16)18(14(2)29-20)15-10-6-4-7-11-15/h4-13,17H,3H2,1-2H3,(H,27,28). The van der Waals surface area contributed by atoms with Crippen molar-refractivity contribution in [3.05, 3.63) is 75.9 Å². The van der Waals surface area contributed by atoms with Gasteiger partial charge in [-0.05, 0) is 31.0 Å². The highest BCUT2D eigenvalue weighted by molar-refractivity contribution is 8.00. The molecule has 1 atom stereocenters. The van der Waals surface area contributed by atoms with Crippen molar-refractivity contribution >= 4 is 39.3 Å². The highest BCUT2D eigenvalue weighted by Gasteiger charge is 2.24. The van der Waals surface area contributed by atoms with Gasteiger partial charge in [0.15, 0.2) is 5.16 Å². The quantitative estimate of drug-likeness (QED) is 0.325. The molecule has 2 heterocycles. The Labute approximate surface area is 182 Å². The fraction of sp³-hybridized carbons (Fsp3) is 0.174. The maximum Gasteiger partial charge on any atom is 0.317 e. The molecule has 0 aliphatic rings. The summed E-state index contributed by atoms with van der Waals surface area (Å²) in [6.07, 6.45) is 0.432. The molecule has 0 saturated carbocycles. The molecule has 152 valence electrons. The van der Waals surface area contributed by atoms with Crippen LogP contribution in [0.15, 0.2) is 70.6 Å². The van der Waals surface area contributed by atoms with Gasteiger partial charge in [0, 0.05) is 10.4 Å². The summed E-state index contributed by atoms with van der Waals surface area (Å²) in [6, 6.07) is 19.1. The molecule has 0 amide bonds. The lowest BCUT2D eigenvalue weighted by atomic mass is 10.0. The lowest BCUT2D eigenvalue weighted by Gasteiger charge is -2.15. The van der Waals surface area contributed by atoms with Crippen LogP contribution in [0.4, 0.5) is 0 Å². The van der Waals surface area contributed by atoms with Crippen LogP contribution < -0.4 is 5.56 Å². The number of carboxylic acids is 1. The molecule has 0 spiro atoms. The van der Waals surface area contributed by atoms with Crippen molar-refractivity contribution in [2.75, 3.05) is 0 Å². The second kappa shape index (κ2) is 8.45. The highest BCUT2D eigenvalue weighted by Crippen LogP contribution is 2.37. The number of hydrogen-bond donors (Lipinski definition) is 1. The van der Waals surface area contributed by atoms with Gasteiger partial charge in [0.2, 0.25) is 0 Å². The van der Waals surface area contributed by atoms with E-state index in [9.17, 15) is 14.7 Å². The molecule has 2 aromatic carbocycles. The Morgan fingerprint density at radius 3 is 2.37 bits per heavy atom. The Hall–Kier alpha value is -2.90. The van der Waals surface area contributed by atoms with Crippen LogP contribution >= 0.6 is 23.1 Å². The van der Waals surface area contributed by atoms with E-state index in [2.05, 4.69) is 0 Å². The Balaban J connectivity index is 2.03. The number of hydrogen-bond acceptors (Lipinski definition) is 5. The number of aliphatic carboxylic acids is 1. The monoisotopic (exact) mass is 436 g/mol. The van der Waals surface area contributed by atoms with Crippen LogP contribution in [0.25, 0.3) is 27.0 Å². The maximum absolute atomic E-state index is 13.8. The summed E-state index contributed by atoms with van der Waals surface area (Å²) in [5.41, 5.74) is 2.34. The number of carbonyl (C=O) groups is 1. The molecule has 2 aromatic heterocycles. The van der Waals surface area contributed by atoms with Gasteiger partial charge in [-0.1, -0.05) is 67.2 Å². The molecule has 0 fully saturated rings. The molecule has 4 aromatic rings. The predicted molar refractivity (Wildman–Crippen MR) is 123 cm³/mol. The van der Waals surface area contributed by atoms with E-state index >= 15 is 0 Å². The van der Waals surface area contributed by atoms with Crippen molar-refractivity contribution in [1.82, 2.24) is 9.55 Å². The summed E-state index contributed by atoms with van der Waals surface area (Å²) in [7, 11) is 0. The van der Waals surface area contributed by atoms with Gasteiger partial charge in [0.25, 0.3) is 5.56 Å². The molecule has 0 radical (unpaired) electrons. The van der Waals surface area contributed by atoms with Crippen LogP contribution in [0.5, 0.6) is 0 Å². The number of carboxylic acid groups (broad SMARTS) is 1. The normalized spacial score (nSPS) is 12.2. The minimum atomic E-state index is -0.913. The van der Waals surface area contributed by atoms with E-state index in [1.54, 1.807) is 0 Å². The first-order chi connectivity index (χ1) is 14.5. The second-order valence-corrected chi connectivity index (χ2v) is 9.18. The highest BCUT2D eigenvalue weighted by atomic mass is 32.2. The van der Waals surface area contributed by atoms with Gasteiger partial charge in [0.1, 0.15) is 10.1 Å². The lowest BCUT2D eigenvalue weighted by molar-refractivity contribution is -0.136. The molecule has 0 aliphatic heterocycles. The number of aromatic nitrogens is 2. The number of thiophene rings is 1. The molecule has 0 aliphatic carbocycles. The zero-order valence-electron chi connectivity index (χ0n) is 16.5. The van der Waals surface area contributed by atoms with E-state index < -0.39 is 11.2 Å². The van der Waals surface area contributed by atoms with E-state index in [1.165, 1.54) is 15.9 Å². The second-order valence-electron chi connectivity index (χ2n) is 6.80. The fourth-order valence-electron chi connectivity index (χ4n) is 3.41. The third-order valence-electron chi connectivity index (χ3n) is 4.84. The zero-order chi connectivity index (χ0) is 21.3. The third kappa shape index (κ3) is 3.66. The molecule has 0 saturated heterocycles. The van der Waals surface area contributed by atoms with Crippen LogP contribution in [-0.4, -0.2) is 25.9 Å². The fourth-order valence-corrected chi connectivity index (χ4v) is 5.47. The van der Waals surface area contributed by atoms with Crippen LogP contribution in [-0.2, 0) is 4.79 Å². The van der Waals surface area contributed by atoms with Gasteiger partial charge in [-0.15, -0.1) is 11.3 Å². The minimum Gasteiger partial charge on any atom is -0.480 e. The van der Waals surface area contributed by atoms with Crippen molar-refractivity contribution in [2.24, 2.45) is 0 Å². The number of fused-ring (bicyclic) bond motifs is 1. The number of benzene rings is 2. The summed E-state index contributed by atoms with van der Waals surface area (Å²) in [4.78, 5) is 31.8. The van der Waals surface area contributed by atoms with Gasteiger partial charge in [-0.2, -0.15) is 0 Å². The Morgan fingerprint density at radius 2 is 1.77 bits per heavy atom. The lowest BCUT2D eigenvalue weighted by Crippen LogP contribution is -2.24. The van der Waals surface area contributed by atoms with Crippen molar-refractivity contribution < 1.29 is 9.90 Å². The van der Waals surface area contributed by atoms with Gasteiger partial charge >= 0.3 is 5.97 Å². The summed E-state index contributed by atoms with van der Waals surface area (Å²) in [5.74, 6) is -0.913. The average Bonchev–Trinajstić information content (AvgIpc) is 3.09. The smallest absolute Gasteiger partial charge is 0.317 e. The minimum absolute atomic E-state index is 0.183. The summed E-state index contributed by atoms with van der Waals surface area (Å²) in [5, 5.41) is 9.83. The van der Waals surface area contributed by atoms with E-state index in [-0.39, 0.29) is 5.56 Å². The molecule has 30 heavy (non-hydrogen) atoms. The molecular formula is C23H20N2O3S2. The summed E-state index contributed by atoms with van der Waals surface area (Å²) < 4.78 is 1.54. The van der Waals surface area contributed by atoms with E-state index in [4.69, 9.17) is 4.98 Å². The van der Waals surface area contributed by atoms with Crippen molar-refractivity contribution in [3.8, 4) is 16.8 Å². The first kappa shape index (κ1) is 20.4. The Kier molecular flexibility index (Phi) is 5.74.